The van der Waals surface area contributed by atoms with Gasteiger partial charge in [-0.3, -0.25) is 0 Å². The van der Waals surface area contributed by atoms with E-state index in [1.165, 1.54) is 24.2 Å². The second-order valence-corrected chi connectivity index (χ2v) is 4.32. The Kier molecular flexibility index (Phi) is 2.79. The monoisotopic (exact) mass is 212 g/mol. The Bertz CT molecular complexity index is 333. The second-order valence-electron chi connectivity index (χ2n) is 3.37. The van der Waals surface area contributed by atoms with Gasteiger partial charge in [-0.25, -0.2) is 9.78 Å². The summed E-state index contributed by atoms with van der Waals surface area (Å²) in [6.45, 7) is 0.912. The van der Waals surface area contributed by atoms with Gasteiger partial charge in [0.25, 0.3) is 0 Å². The highest BCUT2D eigenvalue weighted by Gasteiger charge is 2.23. The lowest BCUT2D eigenvalue weighted by Gasteiger charge is -1.99. The number of carbonyl (C=O) groups excluding carboxylic acids is 1. The summed E-state index contributed by atoms with van der Waals surface area (Å²) in [5.41, 5.74) is 5.78. The van der Waals surface area contributed by atoms with E-state index >= 15 is 0 Å². The zero-order chi connectivity index (χ0) is 9.97. The molecular weight excluding hydrogens is 200 g/mol. The van der Waals surface area contributed by atoms with Gasteiger partial charge in [0.05, 0.1) is 6.61 Å². The zero-order valence-corrected chi connectivity index (χ0v) is 8.55. The van der Waals surface area contributed by atoms with Crippen molar-refractivity contribution in [3.8, 4) is 0 Å². The minimum atomic E-state index is -0.326. The summed E-state index contributed by atoms with van der Waals surface area (Å²) in [7, 11) is 0. The van der Waals surface area contributed by atoms with Gasteiger partial charge in [-0.1, -0.05) is 0 Å². The second kappa shape index (κ2) is 4.06. The molecule has 5 heteroatoms. The fraction of sp³-hybridized carbons (Fsp3) is 0.556. The van der Waals surface area contributed by atoms with Gasteiger partial charge in [0.2, 0.25) is 0 Å². The number of thiazole rings is 1. The highest BCUT2D eigenvalue weighted by Crippen LogP contribution is 2.29. The number of nitrogens with zero attached hydrogens (tertiary/aromatic N) is 1. The van der Waals surface area contributed by atoms with E-state index in [9.17, 15) is 4.79 Å². The lowest BCUT2D eigenvalue weighted by molar-refractivity contribution is 0.0480. The predicted octanol–water partition coefficient (Wildman–Crippen LogP) is 1.17. The van der Waals surface area contributed by atoms with Crippen LogP contribution in [0.2, 0.25) is 0 Å². The van der Waals surface area contributed by atoms with Gasteiger partial charge in [-0.2, -0.15) is 0 Å². The van der Waals surface area contributed by atoms with Gasteiger partial charge in [0.15, 0.2) is 5.69 Å². The number of hydrogen-bond acceptors (Lipinski definition) is 5. The zero-order valence-electron chi connectivity index (χ0n) is 7.73. The van der Waals surface area contributed by atoms with E-state index in [1.807, 2.05) is 0 Å². The first-order valence-electron chi connectivity index (χ1n) is 4.61. The fourth-order valence-electron chi connectivity index (χ4n) is 1.05. The Labute approximate surface area is 86.1 Å². The molecule has 1 aliphatic carbocycles. The van der Waals surface area contributed by atoms with Crippen molar-refractivity contribution in [3.63, 3.8) is 0 Å². The average Bonchev–Trinajstić information content (AvgIpc) is 2.90. The maximum absolute atomic E-state index is 11.4. The minimum Gasteiger partial charge on any atom is -0.461 e. The van der Waals surface area contributed by atoms with E-state index in [-0.39, 0.29) is 5.97 Å². The van der Waals surface area contributed by atoms with Crippen LogP contribution in [0.5, 0.6) is 0 Å². The number of nitrogens with two attached hydrogens (primary N) is 1. The maximum atomic E-state index is 11.4. The minimum absolute atomic E-state index is 0.326. The van der Waals surface area contributed by atoms with Crippen molar-refractivity contribution in [1.29, 1.82) is 0 Å². The predicted molar refractivity (Wildman–Crippen MR) is 53.0 cm³/mol. The molecule has 0 amide bonds. The molecule has 0 saturated heterocycles. The first kappa shape index (κ1) is 9.61. The summed E-state index contributed by atoms with van der Waals surface area (Å²) in [6.07, 6.45) is 2.36. The molecule has 1 heterocycles. The van der Waals surface area contributed by atoms with Crippen LogP contribution in [0.4, 0.5) is 0 Å². The molecule has 1 fully saturated rings. The van der Waals surface area contributed by atoms with Crippen molar-refractivity contribution in [2.45, 2.75) is 19.4 Å². The molecule has 0 bridgehead atoms. The molecule has 14 heavy (non-hydrogen) atoms. The molecule has 0 spiro atoms. The molecule has 4 nitrogen and oxygen atoms in total. The molecule has 0 radical (unpaired) electrons. The number of aromatic nitrogens is 1. The Hall–Kier alpha value is -0.940. The van der Waals surface area contributed by atoms with E-state index in [2.05, 4.69) is 4.98 Å². The summed E-state index contributed by atoms with van der Waals surface area (Å²) in [5, 5.41) is 2.46. The van der Waals surface area contributed by atoms with E-state index in [1.54, 1.807) is 5.38 Å². The van der Waals surface area contributed by atoms with Crippen LogP contribution in [0.1, 0.15) is 28.3 Å². The molecule has 2 N–H and O–H groups in total. The van der Waals surface area contributed by atoms with E-state index in [0.29, 0.717) is 24.8 Å². The third kappa shape index (κ3) is 2.30. The number of rotatable bonds is 4. The van der Waals surface area contributed by atoms with Crippen LogP contribution in [0.15, 0.2) is 5.38 Å². The normalized spacial score (nSPS) is 15.5. The van der Waals surface area contributed by atoms with E-state index in [4.69, 9.17) is 10.5 Å². The van der Waals surface area contributed by atoms with Gasteiger partial charge in [-0.05, 0) is 18.8 Å². The topological polar surface area (TPSA) is 65.2 Å². The first-order valence-corrected chi connectivity index (χ1v) is 5.49. The SMILES string of the molecule is NCc1nc(C(=O)OCC2CC2)cs1. The van der Waals surface area contributed by atoms with Crippen LogP contribution in [-0.4, -0.2) is 17.6 Å². The molecule has 2 rings (SSSR count). The molecule has 1 aromatic heterocycles. The highest BCUT2D eigenvalue weighted by molar-refractivity contribution is 7.09. The molecule has 0 unspecified atom stereocenters. The molecule has 1 aliphatic rings. The summed E-state index contributed by atoms with van der Waals surface area (Å²) < 4.78 is 5.07. The molecule has 76 valence electrons. The molecule has 1 aromatic rings. The Morgan fingerprint density at radius 2 is 2.50 bits per heavy atom. The lowest BCUT2D eigenvalue weighted by Crippen LogP contribution is -2.08. The van der Waals surface area contributed by atoms with Crippen molar-refractivity contribution < 1.29 is 9.53 Å². The summed E-state index contributed by atoms with van der Waals surface area (Å²) in [5.74, 6) is 0.263. The van der Waals surface area contributed by atoms with E-state index in [0.717, 1.165) is 5.01 Å². The van der Waals surface area contributed by atoms with E-state index < -0.39 is 0 Å². The van der Waals surface area contributed by atoms with Crippen LogP contribution in [0.25, 0.3) is 0 Å². The lowest BCUT2D eigenvalue weighted by atomic mass is 10.4. The number of esters is 1. The summed E-state index contributed by atoms with van der Waals surface area (Å²) in [4.78, 5) is 15.4. The quantitative estimate of drug-likeness (QED) is 0.761. The average molecular weight is 212 g/mol. The maximum Gasteiger partial charge on any atom is 0.357 e. The van der Waals surface area contributed by atoms with Crippen LogP contribution in [0.3, 0.4) is 0 Å². The molecule has 1 saturated carbocycles. The third-order valence-electron chi connectivity index (χ3n) is 2.08. The van der Waals surface area contributed by atoms with Crippen molar-refractivity contribution >= 4 is 17.3 Å². The smallest absolute Gasteiger partial charge is 0.357 e. The molecule has 0 aliphatic heterocycles. The van der Waals surface area contributed by atoms with Gasteiger partial charge < -0.3 is 10.5 Å². The van der Waals surface area contributed by atoms with Gasteiger partial charge in [0.1, 0.15) is 5.01 Å². The van der Waals surface area contributed by atoms with Crippen molar-refractivity contribution in [3.05, 3.63) is 16.1 Å². The number of carbonyl (C=O) groups is 1. The van der Waals surface area contributed by atoms with Crippen molar-refractivity contribution in [1.82, 2.24) is 4.98 Å². The molecular formula is C9H12N2O2S. The standard InChI is InChI=1S/C9H12N2O2S/c10-3-8-11-7(5-14-8)9(12)13-4-6-1-2-6/h5-6H,1-4,10H2. The molecule has 0 aromatic carbocycles. The highest BCUT2D eigenvalue weighted by atomic mass is 32.1. The van der Waals surface area contributed by atoms with Crippen LogP contribution < -0.4 is 5.73 Å². The first-order chi connectivity index (χ1) is 6.79. The Balaban J connectivity index is 1.88. The third-order valence-corrected chi connectivity index (χ3v) is 2.95. The molecule has 0 atom stereocenters. The van der Waals surface area contributed by atoms with Crippen LogP contribution >= 0.6 is 11.3 Å². The van der Waals surface area contributed by atoms with Gasteiger partial charge in [-0.15, -0.1) is 11.3 Å². The number of ether oxygens (including phenoxy) is 1. The fourth-order valence-corrected chi connectivity index (χ4v) is 1.69. The van der Waals surface area contributed by atoms with Crippen molar-refractivity contribution in [2.75, 3.05) is 6.61 Å². The van der Waals surface area contributed by atoms with Gasteiger partial charge >= 0.3 is 5.97 Å². The van der Waals surface area contributed by atoms with Gasteiger partial charge in [0, 0.05) is 11.9 Å². The van der Waals surface area contributed by atoms with Crippen LogP contribution in [-0.2, 0) is 11.3 Å². The summed E-state index contributed by atoms with van der Waals surface area (Å²) in [6, 6.07) is 0. The van der Waals surface area contributed by atoms with Crippen LogP contribution in [0, 0.1) is 5.92 Å². The number of hydrogen-bond donors (Lipinski definition) is 1. The Morgan fingerprint density at radius 3 is 3.07 bits per heavy atom. The summed E-state index contributed by atoms with van der Waals surface area (Å²) >= 11 is 1.39. The Morgan fingerprint density at radius 1 is 1.71 bits per heavy atom. The van der Waals surface area contributed by atoms with Crippen molar-refractivity contribution in [2.24, 2.45) is 11.7 Å². The largest absolute Gasteiger partial charge is 0.461 e.